The first kappa shape index (κ1) is 19.7. The van der Waals surface area contributed by atoms with Crippen molar-refractivity contribution in [2.24, 2.45) is 0 Å². The number of benzene rings is 3. The van der Waals surface area contributed by atoms with Crippen LogP contribution in [-0.4, -0.2) is 26.4 Å². The normalized spacial score (nSPS) is 10.8. The van der Waals surface area contributed by atoms with Gasteiger partial charge in [0, 0.05) is 29.2 Å². The molecule has 5 rings (SSSR count). The molecule has 0 aliphatic carbocycles. The van der Waals surface area contributed by atoms with Gasteiger partial charge in [0.25, 0.3) is 0 Å². The minimum atomic E-state index is 0.636. The highest BCUT2D eigenvalue weighted by Crippen LogP contribution is 2.30. The number of rotatable bonds is 6. The van der Waals surface area contributed by atoms with E-state index in [2.05, 4.69) is 50.1 Å². The van der Waals surface area contributed by atoms with Crippen LogP contribution in [-0.2, 0) is 0 Å². The molecule has 0 saturated heterocycles. The molecular weight excluding hydrogens is 396 g/mol. The summed E-state index contributed by atoms with van der Waals surface area (Å²) in [5.41, 5.74) is 5.16. The molecule has 0 aliphatic rings. The summed E-state index contributed by atoms with van der Waals surface area (Å²) in [6.07, 6.45) is 3.65. The third-order valence-electron chi connectivity index (χ3n) is 5.24. The molecule has 0 atom stereocenters. The van der Waals surface area contributed by atoms with Gasteiger partial charge in [-0.15, -0.1) is 10.2 Å². The molecule has 156 valence electrons. The molecule has 0 bridgehead atoms. The van der Waals surface area contributed by atoms with Gasteiger partial charge in [-0.1, -0.05) is 48.5 Å². The Labute approximate surface area is 187 Å². The van der Waals surface area contributed by atoms with Crippen LogP contribution in [0.25, 0.3) is 39.6 Å². The lowest BCUT2D eigenvalue weighted by Crippen LogP contribution is -2.00. The van der Waals surface area contributed by atoms with Crippen molar-refractivity contribution in [3.05, 3.63) is 103 Å². The highest BCUT2D eigenvalue weighted by Gasteiger charge is 2.17. The fourth-order valence-electron chi connectivity index (χ4n) is 3.69. The van der Waals surface area contributed by atoms with Crippen molar-refractivity contribution < 1.29 is 4.74 Å². The molecular formula is C27H22N4O. The van der Waals surface area contributed by atoms with E-state index < -0.39 is 0 Å². The van der Waals surface area contributed by atoms with Gasteiger partial charge in [0.15, 0.2) is 11.6 Å². The maximum atomic E-state index is 5.59. The highest BCUT2D eigenvalue weighted by molar-refractivity contribution is 5.69. The number of hydrogen-bond acceptors (Lipinski definition) is 4. The number of hydrogen-bond donors (Lipinski definition) is 0. The van der Waals surface area contributed by atoms with Gasteiger partial charge in [-0.25, -0.2) is 0 Å². The van der Waals surface area contributed by atoms with E-state index in [1.165, 1.54) is 0 Å². The Hall–Kier alpha value is -4.25. The first-order valence-corrected chi connectivity index (χ1v) is 10.6. The molecule has 2 heterocycles. The van der Waals surface area contributed by atoms with Gasteiger partial charge in [-0.3, -0.25) is 9.55 Å². The maximum Gasteiger partial charge on any atom is 0.168 e. The highest BCUT2D eigenvalue weighted by atomic mass is 16.5. The molecule has 0 N–H and O–H groups in total. The lowest BCUT2D eigenvalue weighted by Gasteiger charge is -2.12. The molecule has 0 spiro atoms. The van der Waals surface area contributed by atoms with Gasteiger partial charge in [0.05, 0.1) is 6.61 Å². The van der Waals surface area contributed by atoms with E-state index in [4.69, 9.17) is 4.74 Å². The van der Waals surface area contributed by atoms with E-state index >= 15 is 0 Å². The van der Waals surface area contributed by atoms with Crippen molar-refractivity contribution in [3.63, 3.8) is 0 Å². The number of aromatic nitrogens is 4. The van der Waals surface area contributed by atoms with Gasteiger partial charge in [0.1, 0.15) is 5.75 Å². The largest absolute Gasteiger partial charge is 0.494 e. The fourth-order valence-corrected chi connectivity index (χ4v) is 3.69. The van der Waals surface area contributed by atoms with Gasteiger partial charge in [0.2, 0.25) is 0 Å². The quantitative estimate of drug-likeness (QED) is 0.336. The third-order valence-corrected chi connectivity index (χ3v) is 5.24. The van der Waals surface area contributed by atoms with E-state index in [1.807, 2.05) is 73.8 Å². The molecule has 0 amide bonds. The molecule has 32 heavy (non-hydrogen) atoms. The lowest BCUT2D eigenvalue weighted by atomic mass is 10.1. The van der Waals surface area contributed by atoms with Crippen molar-refractivity contribution >= 4 is 0 Å². The molecule has 0 fully saturated rings. The SMILES string of the molecule is CCOc1ccc(-c2nnc(-c3ccccc3)n2-c2ccc(-c3cccnc3)cc2)cc1. The van der Waals surface area contributed by atoms with Crippen LogP contribution >= 0.6 is 0 Å². The standard InChI is InChI=1S/C27H22N4O/c1-2-32-25-16-12-22(13-17-25)27-30-29-26(21-7-4-3-5-8-21)31(27)24-14-10-20(11-15-24)23-9-6-18-28-19-23/h3-19H,2H2,1H3. The molecule has 3 aromatic carbocycles. The zero-order valence-electron chi connectivity index (χ0n) is 17.7. The Kier molecular flexibility index (Phi) is 5.45. The summed E-state index contributed by atoms with van der Waals surface area (Å²) in [7, 11) is 0. The molecule has 5 heteroatoms. The summed E-state index contributed by atoms with van der Waals surface area (Å²) in [5, 5.41) is 9.11. The van der Waals surface area contributed by atoms with Gasteiger partial charge in [-0.05, 0) is 60.5 Å². The average Bonchev–Trinajstić information content (AvgIpc) is 3.31. The fraction of sp³-hybridized carbons (Fsp3) is 0.0741. The van der Waals surface area contributed by atoms with Crippen molar-refractivity contribution in [2.75, 3.05) is 6.61 Å². The smallest absolute Gasteiger partial charge is 0.168 e. The maximum absolute atomic E-state index is 5.59. The summed E-state index contributed by atoms with van der Waals surface area (Å²) in [4.78, 5) is 4.23. The molecule has 0 unspecified atom stereocenters. The van der Waals surface area contributed by atoms with Crippen LogP contribution in [0.15, 0.2) is 103 Å². The summed E-state index contributed by atoms with van der Waals surface area (Å²) >= 11 is 0. The minimum absolute atomic E-state index is 0.636. The predicted molar refractivity (Wildman–Crippen MR) is 127 cm³/mol. The molecule has 5 nitrogen and oxygen atoms in total. The first-order chi connectivity index (χ1) is 15.8. The van der Waals surface area contributed by atoms with Crippen LogP contribution in [0.4, 0.5) is 0 Å². The van der Waals surface area contributed by atoms with Crippen LogP contribution in [0.5, 0.6) is 5.75 Å². The van der Waals surface area contributed by atoms with Crippen LogP contribution in [0.3, 0.4) is 0 Å². The lowest BCUT2D eigenvalue weighted by molar-refractivity contribution is 0.340. The second kappa shape index (κ2) is 8.86. The van der Waals surface area contributed by atoms with Crippen molar-refractivity contribution in [1.29, 1.82) is 0 Å². The minimum Gasteiger partial charge on any atom is -0.494 e. The number of ether oxygens (including phenoxy) is 1. The molecule has 0 saturated carbocycles. The van der Waals surface area contributed by atoms with E-state index in [1.54, 1.807) is 6.20 Å². The molecule has 0 aliphatic heterocycles. The van der Waals surface area contributed by atoms with Gasteiger partial charge in [-0.2, -0.15) is 0 Å². The average molecular weight is 419 g/mol. The molecule has 0 radical (unpaired) electrons. The summed E-state index contributed by atoms with van der Waals surface area (Å²) in [6, 6.07) is 30.5. The van der Waals surface area contributed by atoms with E-state index in [0.29, 0.717) is 6.61 Å². The zero-order valence-corrected chi connectivity index (χ0v) is 17.7. The summed E-state index contributed by atoms with van der Waals surface area (Å²) in [5.74, 6) is 2.41. The zero-order chi connectivity index (χ0) is 21.8. The Bertz CT molecular complexity index is 1300. The Morgan fingerprint density at radius 1 is 0.656 bits per heavy atom. The second-order valence-electron chi connectivity index (χ2n) is 7.29. The number of nitrogens with zero attached hydrogens (tertiary/aromatic N) is 4. The summed E-state index contributed by atoms with van der Waals surface area (Å²) in [6.45, 7) is 2.61. The first-order valence-electron chi connectivity index (χ1n) is 10.6. The van der Waals surface area contributed by atoms with E-state index in [9.17, 15) is 0 Å². The van der Waals surface area contributed by atoms with Crippen molar-refractivity contribution in [3.8, 4) is 45.3 Å². The summed E-state index contributed by atoms with van der Waals surface area (Å²) < 4.78 is 7.69. The van der Waals surface area contributed by atoms with Gasteiger partial charge < -0.3 is 4.74 Å². The van der Waals surface area contributed by atoms with E-state index in [0.717, 1.165) is 45.3 Å². The Balaban J connectivity index is 1.61. The molecule has 5 aromatic rings. The predicted octanol–water partition coefficient (Wildman–Crippen LogP) is 6.06. The van der Waals surface area contributed by atoms with Crippen molar-refractivity contribution in [2.45, 2.75) is 6.92 Å². The Morgan fingerprint density at radius 2 is 1.28 bits per heavy atom. The topological polar surface area (TPSA) is 52.8 Å². The van der Waals surface area contributed by atoms with Crippen LogP contribution in [0.1, 0.15) is 6.92 Å². The Morgan fingerprint density at radius 3 is 1.91 bits per heavy atom. The van der Waals surface area contributed by atoms with Crippen LogP contribution in [0.2, 0.25) is 0 Å². The van der Waals surface area contributed by atoms with Crippen molar-refractivity contribution in [1.82, 2.24) is 19.7 Å². The third kappa shape index (κ3) is 3.88. The van der Waals surface area contributed by atoms with Crippen LogP contribution in [0, 0.1) is 0 Å². The second-order valence-corrected chi connectivity index (χ2v) is 7.29. The van der Waals surface area contributed by atoms with Gasteiger partial charge >= 0.3 is 0 Å². The van der Waals surface area contributed by atoms with Crippen LogP contribution < -0.4 is 4.74 Å². The molecule has 2 aromatic heterocycles. The van der Waals surface area contributed by atoms with E-state index in [-0.39, 0.29) is 0 Å². The monoisotopic (exact) mass is 418 g/mol. The number of pyridine rings is 1.